The minimum Gasteiger partial charge on any atom is -0.497 e. The molecule has 1 aliphatic heterocycles. The lowest BCUT2D eigenvalue weighted by molar-refractivity contribution is -0.122. The number of methoxy groups -OCH3 is 1. The van der Waals surface area contributed by atoms with Gasteiger partial charge in [-0.2, -0.15) is 0 Å². The predicted molar refractivity (Wildman–Crippen MR) is 94.1 cm³/mol. The quantitative estimate of drug-likeness (QED) is 0.614. The van der Waals surface area contributed by atoms with Crippen molar-refractivity contribution in [3.8, 4) is 5.75 Å². The van der Waals surface area contributed by atoms with Gasteiger partial charge in [-0.1, -0.05) is 29.4 Å². The lowest BCUT2D eigenvalue weighted by Crippen LogP contribution is -2.33. The highest BCUT2D eigenvalue weighted by Gasteiger charge is 2.62. The first-order chi connectivity index (χ1) is 12.2. The molecule has 1 aromatic rings. The van der Waals surface area contributed by atoms with Gasteiger partial charge in [0.1, 0.15) is 5.75 Å². The minimum absolute atomic E-state index is 0.0452. The van der Waals surface area contributed by atoms with Crippen LogP contribution < -0.4 is 9.64 Å². The van der Waals surface area contributed by atoms with Crippen LogP contribution >= 0.6 is 0 Å². The van der Waals surface area contributed by atoms with E-state index in [0.29, 0.717) is 11.4 Å². The maximum atomic E-state index is 13.2. The number of anilines is 1. The van der Waals surface area contributed by atoms with Gasteiger partial charge in [-0.25, -0.2) is 4.90 Å². The molecule has 2 amide bonds. The fraction of sp³-hybridized carbons (Fsp3) is 0.429. The molecule has 5 rings (SSSR count). The molecule has 0 spiro atoms. The number of benzene rings is 1. The van der Waals surface area contributed by atoms with Gasteiger partial charge in [0.2, 0.25) is 11.8 Å². The highest BCUT2D eigenvalue weighted by Crippen LogP contribution is 2.58. The fourth-order valence-corrected chi connectivity index (χ4v) is 5.33. The first-order valence-corrected chi connectivity index (χ1v) is 9.12. The van der Waals surface area contributed by atoms with Gasteiger partial charge in [0, 0.05) is 17.9 Å². The number of imide groups is 1. The van der Waals surface area contributed by atoms with E-state index in [1.165, 1.54) is 28.9 Å². The molecule has 0 N–H and O–H groups in total. The summed E-state index contributed by atoms with van der Waals surface area (Å²) < 4.78 is 5.25. The van der Waals surface area contributed by atoms with E-state index in [1.807, 2.05) is 18.2 Å². The molecule has 4 heteroatoms. The van der Waals surface area contributed by atoms with Crippen LogP contribution in [0.3, 0.4) is 0 Å². The third kappa shape index (κ3) is 1.94. The van der Waals surface area contributed by atoms with Crippen molar-refractivity contribution < 1.29 is 14.3 Å². The zero-order valence-electron chi connectivity index (χ0n) is 14.3. The minimum atomic E-state index is -0.211. The number of carbonyl (C=O) groups is 2. The average Bonchev–Trinajstić information content (AvgIpc) is 3.38. The molecule has 4 atom stereocenters. The van der Waals surface area contributed by atoms with Gasteiger partial charge in [-0.15, -0.1) is 0 Å². The number of carbonyl (C=O) groups excluding carboxylic acids is 2. The second kappa shape index (κ2) is 5.32. The van der Waals surface area contributed by atoms with Crippen LogP contribution in [0.15, 0.2) is 47.6 Å². The molecule has 128 valence electrons. The van der Waals surface area contributed by atoms with E-state index in [0.717, 1.165) is 12.8 Å². The number of hydrogen-bond acceptors (Lipinski definition) is 3. The van der Waals surface area contributed by atoms with E-state index in [9.17, 15) is 9.59 Å². The standard InChI is InChI=1S/C21H21NO3/c1-25-14-8-4-7-13(11-14)22-20(23)18-15-9-10-16(19(18)21(22)24)17(15)12-5-2-3-6-12/h4,7-11,15-16,18-19H,2-3,5-6H2,1H3/t15-,16+,18-,19-/m0/s1. The van der Waals surface area contributed by atoms with E-state index < -0.39 is 0 Å². The lowest BCUT2D eigenvalue weighted by Gasteiger charge is -2.20. The first kappa shape index (κ1) is 14.9. The Hall–Kier alpha value is -2.36. The molecule has 4 nitrogen and oxygen atoms in total. The molecular weight excluding hydrogens is 314 g/mol. The van der Waals surface area contributed by atoms with Crippen LogP contribution in [-0.2, 0) is 9.59 Å². The number of allylic oxidation sites excluding steroid dienone is 4. The third-order valence-electron chi connectivity index (χ3n) is 6.34. The summed E-state index contributed by atoms with van der Waals surface area (Å²) >= 11 is 0. The molecule has 0 radical (unpaired) electrons. The fourth-order valence-electron chi connectivity index (χ4n) is 5.33. The monoisotopic (exact) mass is 335 g/mol. The van der Waals surface area contributed by atoms with E-state index in [-0.39, 0.29) is 35.5 Å². The van der Waals surface area contributed by atoms with Gasteiger partial charge in [0.25, 0.3) is 0 Å². The van der Waals surface area contributed by atoms with Gasteiger partial charge in [-0.05, 0) is 37.8 Å². The van der Waals surface area contributed by atoms with E-state index in [4.69, 9.17) is 4.74 Å². The Bertz CT molecular complexity index is 795. The van der Waals surface area contributed by atoms with Crippen LogP contribution in [0.25, 0.3) is 0 Å². The van der Waals surface area contributed by atoms with Crippen LogP contribution in [0, 0.1) is 23.7 Å². The number of rotatable bonds is 2. The Kier molecular flexibility index (Phi) is 3.18. The zero-order valence-corrected chi connectivity index (χ0v) is 14.3. The predicted octanol–water partition coefficient (Wildman–Crippen LogP) is 3.49. The van der Waals surface area contributed by atoms with Crippen LogP contribution in [0.1, 0.15) is 25.7 Å². The summed E-state index contributed by atoms with van der Waals surface area (Å²) in [5, 5.41) is 0. The summed E-state index contributed by atoms with van der Waals surface area (Å²) in [6.45, 7) is 0. The van der Waals surface area contributed by atoms with Crippen LogP contribution in [0.2, 0.25) is 0 Å². The smallest absolute Gasteiger partial charge is 0.238 e. The lowest BCUT2D eigenvalue weighted by atomic mass is 9.85. The van der Waals surface area contributed by atoms with Crippen molar-refractivity contribution in [1.29, 1.82) is 0 Å². The van der Waals surface area contributed by atoms with Crippen LogP contribution in [0.4, 0.5) is 5.69 Å². The molecule has 4 aliphatic rings. The zero-order chi connectivity index (χ0) is 17.1. The Morgan fingerprint density at radius 2 is 1.64 bits per heavy atom. The van der Waals surface area contributed by atoms with Crippen molar-refractivity contribution in [1.82, 2.24) is 0 Å². The molecule has 2 saturated carbocycles. The second-order valence-corrected chi connectivity index (χ2v) is 7.47. The number of amides is 2. The van der Waals surface area contributed by atoms with E-state index in [1.54, 1.807) is 13.2 Å². The summed E-state index contributed by atoms with van der Waals surface area (Å²) in [5.41, 5.74) is 3.54. The number of fused-ring (bicyclic) bond motifs is 5. The molecule has 3 fully saturated rings. The highest BCUT2D eigenvalue weighted by atomic mass is 16.5. The third-order valence-corrected chi connectivity index (χ3v) is 6.34. The Labute approximate surface area is 147 Å². The molecule has 0 aromatic heterocycles. The van der Waals surface area contributed by atoms with Gasteiger partial charge >= 0.3 is 0 Å². The van der Waals surface area contributed by atoms with Gasteiger partial charge in [0.05, 0.1) is 24.6 Å². The van der Waals surface area contributed by atoms with Crippen LogP contribution in [0.5, 0.6) is 5.75 Å². The van der Waals surface area contributed by atoms with Gasteiger partial charge in [0.15, 0.2) is 0 Å². The van der Waals surface area contributed by atoms with Gasteiger partial charge < -0.3 is 4.74 Å². The van der Waals surface area contributed by atoms with Crippen molar-refractivity contribution in [3.63, 3.8) is 0 Å². The first-order valence-electron chi connectivity index (χ1n) is 9.12. The summed E-state index contributed by atoms with van der Waals surface area (Å²) in [6.07, 6.45) is 9.12. The molecule has 1 heterocycles. The highest BCUT2D eigenvalue weighted by molar-refractivity contribution is 6.23. The topological polar surface area (TPSA) is 46.6 Å². The normalized spacial score (nSPS) is 32.9. The second-order valence-electron chi connectivity index (χ2n) is 7.47. The average molecular weight is 335 g/mol. The Morgan fingerprint density at radius 3 is 2.24 bits per heavy atom. The van der Waals surface area contributed by atoms with Crippen molar-refractivity contribution in [3.05, 3.63) is 47.6 Å². The van der Waals surface area contributed by atoms with Crippen LogP contribution in [-0.4, -0.2) is 18.9 Å². The summed E-state index contributed by atoms with van der Waals surface area (Å²) in [4.78, 5) is 27.7. The van der Waals surface area contributed by atoms with Crippen molar-refractivity contribution in [2.45, 2.75) is 25.7 Å². The molecule has 2 bridgehead atoms. The summed E-state index contributed by atoms with van der Waals surface area (Å²) in [5.74, 6) is 0.413. The van der Waals surface area contributed by atoms with Crippen molar-refractivity contribution in [2.75, 3.05) is 12.0 Å². The SMILES string of the molecule is COc1cccc(N2C(=O)[C@@H]3[C@@H](C2=O)[C@H]2C=C[C@@H]3C2=C2CCCC2)c1. The number of nitrogens with zero attached hydrogens (tertiary/aromatic N) is 1. The van der Waals surface area contributed by atoms with E-state index in [2.05, 4.69) is 12.2 Å². The molecule has 0 unspecified atom stereocenters. The maximum Gasteiger partial charge on any atom is 0.238 e. The van der Waals surface area contributed by atoms with Crippen molar-refractivity contribution in [2.24, 2.45) is 23.7 Å². The molecule has 1 aromatic carbocycles. The number of ether oxygens (including phenoxy) is 1. The van der Waals surface area contributed by atoms with Crippen molar-refractivity contribution >= 4 is 17.5 Å². The molecule has 1 saturated heterocycles. The van der Waals surface area contributed by atoms with Gasteiger partial charge in [-0.3, -0.25) is 9.59 Å². The maximum absolute atomic E-state index is 13.2. The Morgan fingerprint density at radius 1 is 1.00 bits per heavy atom. The summed E-state index contributed by atoms with van der Waals surface area (Å²) in [6, 6.07) is 7.22. The molecular formula is C21H21NO3. The molecule has 25 heavy (non-hydrogen) atoms. The Balaban J connectivity index is 1.54. The molecule has 3 aliphatic carbocycles. The summed E-state index contributed by atoms with van der Waals surface area (Å²) in [7, 11) is 1.59. The van der Waals surface area contributed by atoms with E-state index >= 15 is 0 Å². The largest absolute Gasteiger partial charge is 0.497 e. The number of hydrogen-bond donors (Lipinski definition) is 0.